The Bertz CT molecular complexity index is 1020. The summed E-state index contributed by atoms with van der Waals surface area (Å²) in [5.74, 6) is 0.0725. The molecule has 2 saturated heterocycles. The summed E-state index contributed by atoms with van der Waals surface area (Å²) in [6.45, 7) is 9.56. The molecule has 184 valence electrons. The fourth-order valence-corrected chi connectivity index (χ4v) is 5.75. The highest BCUT2D eigenvalue weighted by atomic mass is 16.2. The van der Waals surface area contributed by atoms with Crippen molar-refractivity contribution in [1.82, 2.24) is 34.6 Å². The van der Waals surface area contributed by atoms with Crippen LogP contribution in [0.3, 0.4) is 0 Å². The van der Waals surface area contributed by atoms with E-state index in [4.69, 9.17) is 0 Å². The van der Waals surface area contributed by atoms with E-state index < -0.39 is 0 Å². The van der Waals surface area contributed by atoms with E-state index >= 15 is 0 Å². The normalized spacial score (nSPS) is 22.8. The SMILES string of the molecule is CC(C)N1CCN(CC(=O)N2CCC[C@H]2c2ccnc3c(C(=O)NC4CCCC4)cnn23)CC1. The molecule has 5 rings (SSSR count). The predicted molar refractivity (Wildman–Crippen MR) is 130 cm³/mol. The molecule has 0 spiro atoms. The third-order valence-electron chi connectivity index (χ3n) is 7.78. The largest absolute Gasteiger partial charge is 0.349 e. The Balaban J connectivity index is 1.29. The van der Waals surface area contributed by atoms with Gasteiger partial charge in [0.25, 0.3) is 5.91 Å². The Morgan fingerprint density at radius 1 is 1.06 bits per heavy atom. The molecule has 2 aromatic rings. The van der Waals surface area contributed by atoms with Crippen molar-refractivity contribution >= 4 is 17.5 Å². The zero-order valence-corrected chi connectivity index (χ0v) is 20.4. The van der Waals surface area contributed by atoms with Crippen LogP contribution < -0.4 is 5.32 Å². The summed E-state index contributed by atoms with van der Waals surface area (Å²) in [7, 11) is 0. The molecule has 1 N–H and O–H groups in total. The lowest BCUT2D eigenvalue weighted by atomic mass is 10.1. The Morgan fingerprint density at radius 3 is 2.56 bits per heavy atom. The van der Waals surface area contributed by atoms with Crippen LogP contribution in [0.15, 0.2) is 18.5 Å². The molecule has 1 saturated carbocycles. The van der Waals surface area contributed by atoms with E-state index in [0.717, 1.165) is 64.1 Å². The Hall–Kier alpha value is -2.52. The molecule has 4 heterocycles. The summed E-state index contributed by atoms with van der Waals surface area (Å²) in [4.78, 5) is 37.4. The third-order valence-corrected chi connectivity index (χ3v) is 7.78. The van der Waals surface area contributed by atoms with E-state index in [-0.39, 0.29) is 23.9 Å². The quantitative estimate of drug-likeness (QED) is 0.700. The van der Waals surface area contributed by atoms with E-state index in [0.29, 0.717) is 23.8 Å². The van der Waals surface area contributed by atoms with Crippen molar-refractivity contribution in [3.05, 3.63) is 29.7 Å². The molecular formula is C25H37N7O2. The van der Waals surface area contributed by atoms with Gasteiger partial charge in [0.1, 0.15) is 5.56 Å². The molecule has 0 unspecified atom stereocenters. The third kappa shape index (κ3) is 4.68. The summed E-state index contributed by atoms with van der Waals surface area (Å²) in [5, 5.41) is 7.67. The van der Waals surface area contributed by atoms with Crippen LogP contribution in [0.1, 0.15) is 74.5 Å². The number of amides is 2. The lowest BCUT2D eigenvalue weighted by Crippen LogP contribution is -2.51. The fourth-order valence-electron chi connectivity index (χ4n) is 5.75. The summed E-state index contributed by atoms with van der Waals surface area (Å²) < 4.78 is 1.77. The number of rotatable bonds is 6. The molecule has 0 radical (unpaired) electrons. The van der Waals surface area contributed by atoms with Gasteiger partial charge in [0.15, 0.2) is 5.65 Å². The second-order valence-electron chi connectivity index (χ2n) is 10.3. The topological polar surface area (TPSA) is 86.1 Å². The maximum atomic E-state index is 13.3. The molecule has 1 aliphatic carbocycles. The smallest absolute Gasteiger partial charge is 0.256 e. The van der Waals surface area contributed by atoms with Crippen LogP contribution in [0.4, 0.5) is 0 Å². The highest BCUT2D eigenvalue weighted by Crippen LogP contribution is 2.32. The summed E-state index contributed by atoms with van der Waals surface area (Å²) in [6.07, 6.45) is 9.63. The van der Waals surface area contributed by atoms with Crippen LogP contribution in [-0.2, 0) is 4.79 Å². The first-order valence-electron chi connectivity index (χ1n) is 12.9. The van der Waals surface area contributed by atoms with E-state index in [1.54, 1.807) is 16.9 Å². The Labute approximate surface area is 201 Å². The van der Waals surface area contributed by atoms with Crippen LogP contribution >= 0.6 is 0 Å². The molecule has 2 amide bonds. The van der Waals surface area contributed by atoms with Gasteiger partial charge in [0.05, 0.1) is 24.5 Å². The number of carbonyl (C=O) groups excluding carboxylic acids is 2. The van der Waals surface area contributed by atoms with Gasteiger partial charge in [-0.05, 0) is 45.6 Å². The molecule has 9 nitrogen and oxygen atoms in total. The van der Waals surface area contributed by atoms with Crippen LogP contribution in [0.5, 0.6) is 0 Å². The molecule has 3 fully saturated rings. The van der Waals surface area contributed by atoms with Crippen LogP contribution in [-0.4, -0.2) is 92.5 Å². The predicted octanol–water partition coefficient (Wildman–Crippen LogP) is 2.09. The maximum Gasteiger partial charge on any atom is 0.256 e. The first kappa shape index (κ1) is 23.2. The van der Waals surface area contributed by atoms with Crippen LogP contribution in [0.2, 0.25) is 0 Å². The monoisotopic (exact) mass is 467 g/mol. The van der Waals surface area contributed by atoms with Crippen molar-refractivity contribution in [1.29, 1.82) is 0 Å². The lowest BCUT2D eigenvalue weighted by Gasteiger charge is -2.37. The average molecular weight is 468 g/mol. The highest BCUT2D eigenvalue weighted by molar-refractivity contribution is 5.99. The highest BCUT2D eigenvalue weighted by Gasteiger charge is 2.33. The van der Waals surface area contributed by atoms with Crippen molar-refractivity contribution in [2.45, 2.75) is 70.5 Å². The number of hydrogen-bond acceptors (Lipinski definition) is 6. The van der Waals surface area contributed by atoms with E-state index in [1.807, 2.05) is 11.0 Å². The summed E-state index contributed by atoms with van der Waals surface area (Å²) >= 11 is 0. The van der Waals surface area contributed by atoms with Crippen molar-refractivity contribution in [2.24, 2.45) is 0 Å². The number of aromatic nitrogens is 3. The van der Waals surface area contributed by atoms with Crippen molar-refractivity contribution in [3.8, 4) is 0 Å². The summed E-state index contributed by atoms with van der Waals surface area (Å²) in [6, 6.07) is 2.70. The standard InChI is InChI=1S/C25H37N7O2/c1-18(2)30-14-12-29(13-15-30)17-23(33)31-11-5-8-21(31)22-9-10-26-24-20(16-27-32(22)24)25(34)28-19-6-3-4-7-19/h9-10,16,18-19,21H,3-8,11-15,17H2,1-2H3,(H,28,34)/t21-/m0/s1. The van der Waals surface area contributed by atoms with E-state index in [9.17, 15) is 9.59 Å². The minimum absolute atomic E-state index is 0.0411. The first-order chi connectivity index (χ1) is 16.5. The zero-order valence-electron chi connectivity index (χ0n) is 20.4. The van der Waals surface area contributed by atoms with Gasteiger partial charge in [0.2, 0.25) is 5.91 Å². The molecule has 2 aromatic heterocycles. The number of hydrogen-bond donors (Lipinski definition) is 1. The van der Waals surface area contributed by atoms with Gasteiger partial charge < -0.3 is 10.2 Å². The van der Waals surface area contributed by atoms with Gasteiger partial charge in [-0.25, -0.2) is 9.50 Å². The fraction of sp³-hybridized carbons (Fsp3) is 0.680. The van der Waals surface area contributed by atoms with Crippen molar-refractivity contribution in [2.75, 3.05) is 39.3 Å². The molecular weight excluding hydrogens is 430 g/mol. The van der Waals surface area contributed by atoms with Gasteiger partial charge in [-0.3, -0.25) is 19.4 Å². The number of piperazine rings is 1. The number of nitrogens with zero attached hydrogens (tertiary/aromatic N) is 6. The maximum absolute atomic E-state index is 13.3. The number of likely N-dealkylation sites (tertiary alicyclic amines) is 1. The molecule has 2 aliphatic heterocycles. The lowest BCUT2D eigenvalue weighted by molar-refractivity contribution is -0.134. The van der Waals surface area contributed by atoms with Gasteiger partial charge in [-0.2, -0.15) is 5.10 Å². The zero-order chi connectivity index (χ0) is 23.7. The molecule has 0 bridgehead atoms. The number of fused-ring (bicyclic) bond motifs is 1. The average Bonchev–Trinajstić information content (AvgIpc) is 3.59. The summed E-state index contributed by atoms with van der Waals surface area (Å²) in [5.41, 5.74) is 2.00. The molecule has 34 heavy (non-hydrogen) atoms. The molecule has 1 atom stereocenters. The second kappa shape index (κ2) is 10.00. The van der Waals surface area contributed by atoms with Gasteiger partial charge >= 0.3 is 0 Å². The number of nitrogens with one attached hydrogen (secondary N) is 1. The minimum Gasteiger partial charge on any atom is -0.349 e. The van der Waals surface area contributed by atoms with E-state index in [1.165, 1.54) is 12.8 Å². The first-order valence-corrected chi connectivity index (χ1v) is 12.9. The molecule has 9 heteroatoms. The van der Waals surface area contributed by atoms with Gasteiger partial charge in [0, 0.05) is 51.0 Å². The molecule has 3 aliphatic rings. The minimum atomic E-state index is -0.105. The van der Waals surface area contributed by atoms with Crippen LogP contribution in [0, 0.1) is 0 Å². The molecule has 0 aromatic carbocycles. The van der Waals surface area contributed by atoms with Gasteiger partial charge in [-0.15, -0.1) is 0 Å². The second-order valence-corrected chi connectivity index (χ2v) is 10.3. The number of carbonyl (C=O) groups is 2. The van der Waals surface area contributed by atoms with Crippen molar-refractivity contribution in [3.63, 3.8) is 0 Å². The van der Waals surface area contributed by atoms with E-state index in [2.05, 4.69) is 39.0 Å². The van der Waals surface area contributed by atoms with Crippen LogP contribution in [0.25, 0.3) is 5.65 Å². The van der Waals surface area contributed by atoms with Gasteiger partial charge in [-0.1, -0.05) is 12.8 Å². The Kier molecular flexibility index (Phi) is 6.83. The Morgan fingerprint density at radius 2 is 1.82 bits per heavy atom. The van der Waals surface area contributed by atoms with Crippen molar-refractivity contribution < 1.29 is 9.59 Å².